The Morgan fingerprint density at radius 3 is 2.57 bits per heavy atom. The molecule has 0 spiro atoms. The van der Waals surface area contributed by atoms with Crippen molar-refractivity contribution in [3.05, 3.63) is 70.6 Å². The van der Waals surface area contributed by atoms with Crippen LogP contribution in [0.5, 0.6) is 5.75 Å². The molecule has 0 aromatic heterocycles. The molecule has 6 nitrogen and oxygen atoms in total. The highest BCUT2D eigenvalue weighted by Gasteiger charge is 2.33. The van der Waals surface area contributed by atoms with Gasteiger partial charge >= 0.3 is 0 Å². The van der Waals surface area contributed by atoms with Crippen LogP contribution in [0.25, 0.3) is 6.08 Å². The molecular formula is C22H22N2O4S2. The van der Waals surface area contributed by atoms with Crippen molar-refractivity contribution in [1.82, 2.24) is 10.2 Å². The van der Waals surface area contributed by atoms with E-state index in [-0.39, 0.29) is 25.0 Å². The van der Waals surface area contributed by atoms with Gasteiger partial charge in [0, 0.05) is 0 Å². The van der Waals surface area contributed by atoms with Crippen LogP contribution < -0.4 is 10.1 Å². The van der Waals surface area contributed by atoms with Gasteiger partial charge in [-0.15, -0.1) is 0 Å². The third kappa shape index (κ3) is 5.69. The number of amides is 2. The van der Waals surface area contributed by atoms with Crippen LogP contribution in [0.1, 0.15) is 11.1 Å². The number of hydrogen-bond acceptors (Lipinski definition) is 6. The number of hydrogen-bond donors (Lipinski definition) is 2. The molecule has 2 amide bonds. The first-order chi connectivity index (χ1) is 14.5. The summed E-state index contributed by atoms with van der Waals surface area (Å²) in [6.45, 7) is -0.383. The summed E-state index contributed by atoms with van der Waals surface area (Å²) >= 11 is 6.46. The lowest BCUT2D eigenvalue weighted by Gasteiger charge is -2.19. The van der Waals surface area contributed by atoms with Crippen LogP contribution in [0, 0.1) is 0 Å². The zero-order valence-electron chi connectivity index (χ0n) is 16.4. The maximum absolute atomic E-state index is 12.7. The molecule has 1 fully saturated rings. The van der Waals surface area contributed by atoms with E-state index in [0.29, 0.717) is 15.6 Å². The van der Waals surface area contributed by atoms with Crippen molar-refractivity contribution in [3.8, 4) is 5.75 Å². The van der Waals surface area contributed by atoms with E-state index in [1.54, 1.807) is 13.2 Å². The number of carbonyl (C=O) groups excluding carboxylic acids is 2. The first-order valence-corrected chi connectivity index (χ1v) is 10.6. The molecule has 2 N–H and O–H groups in total. The minimum absolute atomic E-state index is 0.185. The zero-order chi connectivity index (χ0) is 21.5. The molecular weight excluding hydrogens is 420 g/mol. The number of rotatable bonds is 8. The summed E-state index contributed by atoms with van der Waals surface area (Å²) in [4.78, 5) is 26.9. The zero-order valence-corrected chi connectivity index (χ0v) is 18.0. The topological polar surface area (TPSA) is 78.9 Å². The van der Waals surface area contributed by atoms with E-state index in [1.807, 2.05) is 54.6 Å². The molecule has 2 aromatic rings. The van der Waals surface area contributed by atoms with Gasteiger partial charge in [0.05, 0.1) is 24.7 Å². The number of thiocarbonyl (C=S) groups is 1. The highest BCUT2D eigenvalue weighted by molar-refractivity contribution is 8.26. The molecule has 2 aromatic carbocycles. The summed E-state index contributed by atoms with van der Waals surface area (Å²) in [7, 11) is 1.59. The van der Waals surface area contributed by atoms with Gasteiger partial charge in [0.1, 0.15) is 16.6 Å². The third-order valence-electron chi connectivity index (χ3n) is 4.50. The van der Waals surface area contributed by atoms with Crippen molar-refractivity contribution < 1.29 is 19.4 Å². The smallest absolute Gasteiger partial charge is 0.266 e. The van der Waals surface area contributed by atoms with Crippen molar-refractivity contribution in [3.63, 3.8) is 0 Å². The highest BCUT2D eigenvalue weighted by Crippen LogP contribution is 2.32. The summed E-state index contributed by atoms with van der Waals surface area (Å²) in [5, 5.41) is 12.4. The minimum atomic E-state index is -0.437. The van der Waals surface area contributed by atoms with Gasteiger partial charge in [-0.05, 0) is 35.8 Å². The standard InChI is InChI=1S/C22H22N2O4S2/c1-28-18-9-7-16(8-10-18)12-19-21(27)24(22(29)30-19)13-20(26)23-17(14-25)11-15-5-3-2-4-6-15/h2-10,12,17,25H,11,13-14H2,1H3,(H,23,26)/t17-/m1/s1. The number of aliphatic hydroxyl groups is 1. The second-order valence-electron chi connectivity index (χ2n) is 6.68. The Labute approximate surface area is 184 Å². The van der Waals surface area contributed by atoms with E-state index in [0.717, 1.165) is 28.6 Å². The van der Waals surface area contributed by atoms with E-state index in [9.17, 15) is 14.7 Å². The van der Waals surface area contributed by atoms with Gasteiger partial charge in [0.2, 0.25) is 5.91 Å². The quantitative estimate of drug-likeness (QED) is 0.483. The van der Waals surface area contributed by atoms with E-state index >= 15 is 0 Å². The lowest BCUT2D eigenvalue weighted by Crippen LogP contribution is -2.45. The van der Waals surface area contributed by atoms with Gasteiger partial charge in [-0.2, -0.15) is 0 Å². The summed E-state index contributed by atoms with van der Waals surface area (Å²) in [5.74, 6) is 0.0527. The van der Waals surface area contributed by atoms with Gasteiger partial charge < -0.3 is 15.2 Å². The van der Waals surface area contributed by atoms with Crippen LogP contribution in [-0.4, -0.2) is 52.4 Å². The monoisotopic (exact) mass is 442 g/mol. The van der Waals surface area contributed by atoms with Crippen molar-refractivity contribution >= 4 is 46.2 Å². The molecule has 0 saturated carbocycles. The molecule has 0 radical (unpaired) electrons. The fraction of sp³-hybridized carbons (Fsp3) is 0.227. The van der Waals surface area contributed by atoms with Crippen molar-refractivity contribution in [2.45, 2.75) is 12.5 Å². The molecule has 1 heterocycles. The van der Waals surface area contributed by atoms with Gasteiger partial charge in [-0.3, -0.25) is 14.5 Å². The number of thioether (sulfide) groups is 1. The highest BCUT2D eigenvalue weighted by atomic mass is 32.2. The fourth-order valence-corrected chi connectivity index (χ4v) is 4.22. The first kappa shape index (κ1) is 22.0. The lowest BCUT2D eigenvalue weighted by molar-refractivity contribution is -0.129. The average Bonchev–Trinajstić information content (AvgIpc) is 3.01. The van der Waals surface area contributed by atoms with Gasteiger partial charge in [0.15, 0.2) is 0 Å². The van der Waals surface area contributed by atoms with Gasteiger partial charge in [-0.25, -0.2) is 0 Å². The SMILES string of the molecule is COc1ccc(C=C2SC(=S)N(CC(=O)N[C@@H](CO)Cc3ccccc3)C2=O)cc1. The van der Waals surface area contributed by atoms with Crippen molar-refractivity contribution in [2.75, 3.05) is 20.3 Å². The first-order valence-electron chi connectivity index (χ1n) is 9.33. The molecule has 0 unspecified atom stereocenters. The van der Waals surface area contributed by atoms with Gasteiger partial charge in [-0.1, -0.05) is 66.4 Å². The van der Waals surface area contributed by atoms with Crippen molar-refractivity contribution in [2.24, 2.45) is 0 Å². The molecule has 0 aliphatic carbocycles. The summed E-state index contributed by atoms with van der Waals surface area (Å²) in [5.41, 5.74) is 1.84. The summed E-state index contributed by atoms with van der Waals surface area (Å²) < 4.78 is 5.46. The molecule has 1 aliphatic rings. The van der Waals surface area contributed by atoms with Gasteiger partial charge in [0.25, 0.3) is 5.91 Å². The summed E-state index contributed by atoms with van der Waals surface area (Å²) in [6.07, 6.45) is 2.24. The third-order valence-corrected chi connectivity index (χ3v) is 5.88. The van der Waals surface area contributed by atoms with Crippen LogP contribution >= 0.6 is 24.0 Å². The molecule has 3 rings (SSSR count). The van der Waals surface area contributed by atoms with Crippen LogP contribution in [-0.2, 0) is 16.0 Å². The normalized spacial score (nSPS) is 16.1. The largest absolute Gasteiger partial charge is 0.497 e. The lowest BCUT2D eigenvalue weighted by atomic mass is 10.1. The Morgan fingerprint density at radius 1 is 1.23 bits per heavy atom. The van der Waals surface area contributed by atoms with Crippen LogP contribution in [0.3, 0.4) is 0 Å². The molecule has 8 heteroatoms. The average molecular weight is 443 g/mol. The number of carbonyl (C=O) groups is 2. The molecule has 30 heavy (non-hydrogen) atoms. The Bertz CT molecular complexity index is 945. The van der Waals surface area contributed by atoms with Crippen LogP contribution in [0.2, 0.25) is 0 Å². The predicted octanol–water partition coefficient (Wildman–Crippen LogP) is 2.62. The Morgan fingerprint density at radius 2 is 1.93 bits per heavy atom. The van der Waals surface area contributed by atoms with Crippen molar-refractivity contribution in [1.29, 1.82) is 0 Å². The number of aliphatic hydroxyl groups excluding tert-OH is 1. The maximum Gasteiger partial charge on any atom is 0.266 e. The molecule has 1 aliphatic heterocycles. The number of methoxy groups -OCH3 is 1. The Kier molecular flexibility index (Phi) is 7.62. The van der Waals surface area contributed by atoms with E-state index in [2.05, 4.69) is 5.32 Å². The number of nitrogens with one attached hydrogen (secondary N) is 1. The Balaban J connectivity index is 1.61. The minimum Gasteiger partial charge on any atom is -0.497 e. The van der Waals surface area contributed by atoms with Crippen LogP contribution in [0.4, 0.5) is 0 Å². The van der Waals surface area contributed by atoms with Crippen LogP contribution in [0.15, 0.2) is 59.5 Å². The summed E-state index contributed by atoms with van der Waals surface area (Å²) in [6, 6.07) is 16.4. The second-order valence-corrected chi connectivity index (χ2v) is 8.35. The number of nitrogens with zero attached hydrogens (tertiary/aromatic N) is 1. The Hall–Kier alpha value is -2.68. The maximum atomic E-state index is 12.7. The number of ether oxygens (including phenoxy) is 1. The predicted molar refractivity (Wildman–Crippen MR) is 122 cm³/mol. The molecule has 1 atom stereocenters. The van der Waals surface area contributed by atoms with E-state index in [1.165, 1.54) is 4.90 Å². The molecule has 156 valence electrons. The fourth-order valence-electron chi connectivity index (χ4n) is 2.96. The van der Waals surface area contributed by atoms with E-state index < -0.39 is 6.04 Å². The molecule has 1 saturated heterocycles. The number of benzene rings is 2. The van der Waals surface area contributed by atoms with E-state index in [4.69, 9.17) is 17.0 Å². The molecule has 0 bridgehead atoms. The second kappa shape index (κ2) is 10.4.